The second-order valence-electron chi connectivity index (χ2n) is 3.91. The monoisotopic (exact) mass is 289 g/mol. The summed E-state index contributed by atoms with van der Waals surface area (Å²) in [7, 11) is 0. The average Bonchev–Trinajstić information content (AvgIpc) is 2.49. The van der Waals surface area contributed by atoms with E-state index in [9.17, 15) is 5.21 Å². The van der Waals surface area contributed by atoms with Crippen LogP contribution in [0.2, 0.25) is 0 Å². The molecule has 0 radical (unpaired) electrons. The van der Waals surface area contributed by atoms with E-state index in [0.29, 0.717) is 5.71 Å². The second kappa shape index (κ2) is 6.68. The van der Waals surface area contributed by atoms with Crippen molar-refractivity contribution in [3.63, 3.8) is 0 Å². The third-order valence-electron chi connectivity index (χ3n) is 2.83. The predicted octanol–water partition coefficient (Wildman–Crippen LogP) is 4.36. The van der Waals surface area contributed by atoms with Gasteiger partial charge in [-0.2, -0.15) is 0 Å². The van der Waals surface area contributed by atoms with Gasteiger partial charge in [0, 0.05) is 20.9 Å². The van der Waals surface area contributed by atoms with Crippen LogP contribution in [0.15, 0.2) is 63.5 Å². The lowest BCUT2D eigenvalue weighted by atomic mass is 10.0. The van der Waals surface area contributed by atoms with Gasteiger partial charge in [0.1, 0.15) is 5.71 Å². The van der Waals surface area contributed by atoms with E-state index in [1.54, 1.807) is 23.5 Å². The van der Waals surface area contributed by atoms with Crippen LogP contribution in [0.3, 0.4) is 0 Å². The molecule has 0 fully saturated rings. The highest BCUT2D eigenvalue weighted by Gasteiger charge is 2.07. The highest BCUT2D eigenvalue weighted by Crippen LogP contribution is 2.20. The summed E-state index contributed by atoms with van der Waals surface area (Å²) >= 11 is 3.38. The molecule has 0 unspecified atom stereocenters. The number of benzene rings is 2. The largest absolute Gasteiger partial charge is 0.410 e. The standard InChI is InChI=1S/C15H15NOS2/c1-18-13-7-3-11(4-8-13)15(16-17)12-5-9-14(19-2)10-6-12/h3-10,17H,1-2H3. The molecular weight excluding hydrogens is 274 g/mol. The van der Waals surface area contributed by atoms with Gasteiger partial charge in [0.05, 0.1) is 0 Å². The van der Waals surface area contributed by atoms with Gasteiger partial charge in [-0.05, 0) is 36.8 Å². The lowest BCUT2D eigenvalue weighted by Gasteiger charge is -2.06. The molecule has 19 heavy (non-hydrogen) atoms. The first kappa shape index (κ1) is 14.0. The molecule has 0 aromatic heterocycles. The molecule has 0 saturated carbocycles. The molecule has 1 N–H and O–H groups in total. The molecule has 0 aliphatic rings. The maximum atomic E-state index is 9.26. The maximum absolute atomic E-state index is 9.26. The number of rotatable bonds is 4. The van der Waals surface area contributed by atoms with E-state index >= 15 is 0 Å². The van der Waals surface area contributed by atoms with Crippen molar-refractivity contribution in [2.24, 2.45) is 5.16 Å². The van der Waals surface area contributed by atoms with Crippen LogP contribution >= 0.6 is 23.5 Å². The van der Waals surface area contributed by atoms with Crippen molar-refractivity contribution in [3.8, 4) is 0 Å². The number of hydrogen-bond donors (Lipinski definition) is 1. The molecule has 0 amide bonds. The fourth-order valence-corrected chi connectivity index (χ4v) is 2.60. The minimum atomic E-state index is 0.598. The minimum Gasteiger partial charge on any atom is -0.410 e. The van der Waals surface area contributed by atoms with Crippen molar-refractivity contribution in [1.29, 1.82) is 0 Å². The third kappa shape index (κ3) is 3.33. The van der Waals surface area contributed by atoms with Crippen LogP contribution in [0, 0.1) is 0 Å². The topological polar surface area (TPSA) is 32.6 Å². The van der Waals surface area contributed by atoms with Gasteiger partial charge in [0.25, 0.3) is 0 Å². The Balaban J connectivity index is 2.32. The highest BCUT2D eigenvalue weighted by molar-refractivity contribution is 7.98. The Bertz CT molecular complexity index is 512. The Morgan fingerprint density at radius 3 is 1.42 bits per heavy atom. The Hall–Kier alpha value is -1.39. The first-order chi connectivity index (χ1) is 9.28. The molecule has 0 aliphatic heterocycles. The van der Waals surface area contributed by atoms with Crippen molar-refractivity contribution in [1.82, 2.24) is 0 Å². The molecular formula is C15H15NOS2. The predicted molar refractivity (Wildman–Crippen MR) is 83.9 cm³/mol. The summed E-state index contributed by atoms with van der Waals surface area (Å²) < 4.78 is 0. The van der Waals surface area contributed by atoms with Crippen LogP contribution in [0.25, 0.3) is 0 Å². The van der Waals surface area contributed by atoms with Crippen molar-refractivity contribution < 1.29 is 5.21 Å². The molecule has 2 aromatic carbocycles. The van der Waals surface area contributed by atoms with Crippen LogP contribution < -0.4 is 0 Å². The summed E-state index contributed by atoms with van der Waals surface area (Å²) in [6.07, 6.45) is 4.08. The average molecular weight is 289 g/mol. The van der Waals surface area contributed by atoms with Gasteiger partial charge in [0.15, 0.2) is 0 Å². The molecule has 98 valence electrons. The SMILES string of the molecule is CSc1ccc(C(=NO)c2ccc(SC)cc2)cc1. The van der Waals surface area contributed by atoms with Crippen LogP contribution in [0.1, 0.15) is 11.1 Å². The van der Waals surface area contributed by atoms with Gasteiger partial charge in [0.2, 0.25) is 0 Å². The maximum Gasteiger partial charge on any atom is 0.117 e. The van der Waals surface area contributed by atoms with Crippen molar-refractivity contribution in [3.05, 3.63) is 59.7 Å². The lowest BCUT2D eigenvalue weighted by molar-refractivity contribution is 0.319. The smallest absolute Gasteiger partial charge is 0.117 e. The molecule has 0 aliphatic carbocycles. The molecule has 4 heteroatoms. The van der Waals surface area contributed by atoms with Gasteiger partial charge in [-0.25, -0.2) is 0 Å². The zero-order valence-electron chi connectivity index (χ0n) is 10.8. The summed E-state index contributed by atoms with van der Waals surface area (Å²) in [6.45, 7) is 0. The van der Waals surface area contributed by atoms with E-state index in [4.69, 9.17) is 0 Å². The Labute approximate surface area is 121 Å². The summed E-state index contributed by atoms with van der Waals surface area (Å²) in [4.78, 5) is 2.39. The number of nitrogens with zero attached hydrogens (tertiary/aromatic N) is 1. The van der Waals surface area contributed by atoms with Crippen molar-refractivity contribution in [2.45, 2.75) is 9.79 Å². The summed E-state index contributed by atoms with van der Waals surface area (Å²) in [5.41, 5.74) is 2.43. The molecule has 0 spiro atoms. The summed E-state index contributed by atoms with van der Waals surface area (Å²) in [5.74, 6) is 0. The minimum absolute atomic E-state index is 0.598. The Kier molecular flexibility index (Phi) is 4.93. The van der Waals surface area contributed by atoms with Crippen LogP contribution in [-0.2, 0) is 0 Å². The summed E-state index contributed by atoms with van der Waals surface area (Å²) in [5, 5.41) is 12.7. The molecule has 2 nitrogen and oxygen atoms in total. The fraction of sp³-hybridized carbons (Fsp3) is 0.133. The van der Waals surface area contributed by atoms with E-state index in [1.807, 2.05) is 61.0 Å². The van der Waals surface area contributed by atoms with Crippen LogP contribution in [-0.4, -0.2) is 23.4 Å². The van der Waals surface area contributed by atoms with E-state index in [-0.39, 0.29) is 0 Å². The third-order valence-corrected chi connectivity index (χ3v) is 4.31. The summed E-state index contributed by atoms with van der Waals surface area (Å²) in [6, 6.07) is 16.0. The van der Waals surface area contributed by atoms with Gasteiger partial charge in [-0.3, -0.25) is 0 Å². The van der Waals surface area contributed by atoms with E-state index in [0.717, 1.165) is 11.1 Å². The van der Waals surface area contributed by atoms with E-state index < -0.39 is 0 Å². The zero-order chi connectivity index (χ0) is 13.7. The number of thioether (sulfide) groups is 2. The molecule has 0 heterocycles. The van der Waals surface area contributed by atoms with E-state index in [2.05, 4.69) is 5.16 Å². The first-order valence-electron chi connectivity index (χ1n) is 5.79. The number of oxime groups is 1. The van der Waals surface area contributed by atoms with Gasteiger partial charge in [-0.15, -0.1) is 23.5 Å². The Morgan fingerprint density at radius 2 is 1.16 bits per heavy atom. The molecule has 2 aromatic rings. The normalized spacial score (nSPS) is 10.2. The highest BCUT2D eigenvalue weighted by atomic mass is 32.2. The quantitative estimate of drug-likeness (QED) is 0.393. The zero-order valence-corrected chi connectivity index (χ0v) is 12.5. The number of hydrogen-bond acceptors (Lipinski definition) is 4. The molecule has 0 saturated heterocycles. The van der Waals surface area contributed by atoms with E-state index in [1.165, 1.54) is 9.79 Å². The van der Waals surface area contributed by atoms with Crippen molar-refractivity contribution in [2.75, 3.05) is 12.5 Å². The molecule has 0 bridgehead atoms. The fourth-order valence-electron chi connectivity index (χ4n) is 1.78. The molecule has 0 atom stereocenters. The van der Waals surface area contributed by atoms with Gasteiger partial charge >= 0.3 is 0 Å². The van der Waals surface area contributed by atoms with Gasteiger partial charge in [-0.1, -0.05) is 29.4 Å². The van der Waals surface area contributed by atoms with Gasteiger partial charge < -0.3 is 5.21 Å². The molecule has 2 rings (SSSR count). The second-order valence-corrected chi connectivity index (χ2v) is 5.66. The Morgan fingerprint density at radius 1 is 0.789 bits per heavy atom. The lowest BCUT2D eigenvalue weighted by Crippen LogP contribution is -2.03. The first-order valence-corrected chi connectivity index (χ1v) is 8.24. The van der Waals surface area contributed by atoms with Crippen molar-refractivity contribution >= 4 is 29.2 Å². The van der Waals surface area contributed by atoms with Crippen LogP contribution in [0.4, 0.5) is 0 Å². The van der Waals surface area contributed by atoms with Crippen LogP contribution in [0.5, 0.6) is 0 Å².